The number of amides is 2. The van der Waals surface area contributed by atoms with E-state index in [4.69, 9.17) is 14.2 Å². The lowest BCUT2D eigenvalue weighted by atomic mass is 9.92. The van der Waals surface area contributed by atoms with Gasteiger partial charge < -0.3 is 29.7 Å². The molecule has 4 heterocycles. The van der Waals surface area contributed by atoms with Crippen molar-refractivity contribution in [1.29, 1.82) is 0 Å². The second-order valence-corrected chi connectivity index (χ2v) is 7.11. The molecule has 1 aromatic heterocycles. The number of hydrogen-bond donors (Lipinski definition) is 3. The smallest absolute Gasteiger partial charge is 0.258 e. The van der Waals surface area contributed by atoms with Crippen LogP contribution in [-0.2, 0) is 14.3 Å². The van der Waals surface area contributed by atoms with E-state index in [1.807, 2.05) is 4.90 Å². The van der Waals surface area contributed by atoms with Crippen LogP contribution in [-0.4, -0.2) is 54.9 Å². The fraction of sp³-hybridized carbons (Fsp3) is 0.368. The number of aromatic amines is 1. The number of H-pyrrole nitrogens is 1. The van der Waals surface area contributed by atoms with E-state index < -0.39 is 17.4 Å². The number of morpholine rings is 1. The Bertz CT molecular complexity index is 1080. The number of rotatable bonds is 3. The fourth-order valence-corrected chi connectivity index (χ4v) is 3.71. The monoisotopic (exact) mass is 413 g/mol. The molecule has 1 fully saturated rings. The number of nitrogens with zero attached hydrogens (tertiary/aromatic N) is 2. The highest BCUT2D eigenvalue weighted by atomic mass is 16.7. The lowest BCUT2D eigenvalue weighted by Gasteiger charge is -2.29. The molecule has 3 aliphatic rings. The van der Waals surface area contributed by atoms with Crippen molar-refractivity contribution in [1.82, 2.24) is 9.97 Å². The molecule has 2 aromatic rings. The van der Waals surface area contributed by atoms with E-state index in [0.717, 1.165) is 0 Å². The maximum absolute atomic E-state index is 12.9. The summed E-state index contributed by atoms with van der Waals surface area (Å²) in [5.41, 5.74) is 0.170. The summed E-state index contributed by atoms with van der Waals surface area (Å²) in [4.78, 5) is 47.0. The number of carbonyl (C=O) groups excluding carboxylic acids is 2. The molecule has 1 atom stereocenters. The fourth-order valence-electron chi connectivity index (χ4n) is 3.71. The van der Waals surface area contributed by atoms with Crippen molar-refractivity contribution < 1.29 is 23.8 Å². The lowest BCUT2D eigenvalue weighted by Crippen LogP contribution is -2.41. The Morgan fingerprint density at radius 1 is 1.17 bits per heavy atom. The molecular weight excluding hydrogens is 394 g/mol. The summed E-state index contributed by atoms with van der Waals surface area (Å²) >= 11 is 0. The third-order valence-electron chi connectivity index (χ3n) is 5.21. The Morgan fingerprint density at radius 3 is 2.80 bits per heavy atom. The van der Waals surface area contributed by atoms with E-state index in [1.165, 1.54) is 0 Å². The van der Waals surface area contributed by atoms with E-state index in [2.05, 4.69) is 20.6 Å². The number of nitrogens with one attached hydrogen (secondary N) is 3. The van der Waals surface area contributed by atoms with Crippen LogP contribution in [0.3, 0.4) is 0 Å². The molecule has 1 saturated heterocycles. The van der Waals surface area contributed by atoms with E-state index in [9.17, 15) is 14.4 Å². The maximum Gasteiger partial charge on any atom is 0.258 e. The van der Waals surface area contributed by atoms with E-state index >= 15 is 0 Å². The lowest BCUT2D eigenvalue weighted by molar-refractivity contribution is -0.123. The standard InChI is InChI=1S/C19H19N5O6/c25-14-8-11(17(26)20-10-1-2-12-13(7-10)30-9-29-12)15-16(21-14)22-19(23-18(15)27)24-3-5-28-6-4-24/h1-2,7,11H,3-6,8-9H2,(H,20,26)(H2,21,22,23,25,27)/t11-/m0/s1. The summed E-state index contributed by atoms with van der Waals surface area (Å²) in [5, 5.41) is 5.36. The summed E-state index contributed by atoms with van der Waals surface area (Å²) in [6.07, 6.45) is -0.148. The first-order valence-electron chi connectivity index (χ1n) is 9.56. The molecule has 11 nitrogen and oxygen atoms in total. The Labute approximate surface area is 170 Å². The largest absolute Gasteiger partial charge is 0.454 e. The topological polar surface area (TPSA) is 135 Å². The second-order valence-electron chi connectivity index (χ2n) is 7.11. The number of hydrogen-bond acceptors (Lipinski definition) is 8. The van der Waals surface area contributed by atoms with Crippen LogP contribution in [0.2, 0.25) is 0 Å². The molecule has 0 aliphatic carbocycles. The zero-order valence-corrected chi connectivity index (χ0v) is 15.9. The van der Waals surface area contributed by atoms with Gasteiger partial charge in [-0.1, -0.05) is 0 Å². The van der Waals surface area contributed by atoms with Crippen LogP contribution in [0.25, 0.3) is 0 Å². The first-order chi connectivity index (χ1) is 14.6. The molecule has 3 N–H and O–H groups in total. The molecule has 1 aromatic carbocycles. The number of carbonyl (C=O) groups is 2. The third-order valence-corrected chi connectivity index (χ3v) is 5.21. The Kier molecular flexibility index (Phi) is 4.51. The van der Waals surface area contributed by atoms with Crippen molar-refractivity contribution in [3.05, 3.63) is 34.1 Å². The number of benzene rings is 1. The normalized spacial score (nSPS) is 19.8. The van der Waals surface area contributed by atoms with Gasteiger partial charge in [0.05, 0.1) is 24.7 Å². The molecule has 5 rings (SSSR count). The van der Waals surface area contributed by atoms with Crippen molar-refractivity contribution >= 4 is 29.3 Å². The molecule has 2 amide bonds. The first-order valence-corrected chi connectivity index (χ1v) is 9.56. The highest BCUT2D eigenvalue weighted by Gasteiger charge is 2.35. The zero-order valence-electron chi connectivity index (χ0n) is 15.9. The van der Waals surface area contributed by atoms with Crippen LogP contribution < -0.4 is 30.6 Å². The Balaban J connectivity index is 1.43. The molecule has 11 heteroatoms. The van der Waals surface area contributed by atoms with Crippen LogP contribution >= 0.6 is 0 Å². The average molecular weight is 413 g/mol. The van der Waals surface area contributed by atoms with Gasteiger partial charge >= 0.3 is 0 Å². The summed E-state index contributed by atoms with van der Waals surface area (Å²) in [5.74, 6) is -0.248. The molecule has 0 unspecified atom stereocenters. The van der Waals surface area contributed by atoms with E-state index in [0.29, 0.717) is 49.4 Å². The van der Waals surface area contributed by atoms with Crippen molar-refractivity contribution in [3.63, 3.8) is 0 Å². The summed E-state index contributed by atoms with van der Waals surface area (Å²) < 4.78 is 15.9. The zero-order chi connectivity index (χ0) is 20.7. The van der Waals surface area contributed by atoms with Crippen LogP contribution in [0.4, 0.5) is 17.5 Å². The van der Waals surface area contributed by atoms with Gasteiger partial charge in [0.2, 0.25) is 24.6 Å². The van der Waals surface area contributed by atoms with Gasteiger partial charge in [0.25, 0.3) is 5.56 Å². The molecule has 0 radical (unpaired) electrons. The molecular formula is C19H19N5O6. The van der Waals surface area contributed by atoms with Crippen LogP contribution in [0.1, 0.15) is 17.9 Å². The summed E-state index contributed by atoms with van der Waals surface area (Å²) in [7, 11) is 0. The van der Waals surface area contributed by atoms with Gasteiger partial charge in [0, 0.05) is 31.3 Å². The first kappa shape index (κ1) is 18.4. The van der Waals surface area contributed by atoms with Gasteiger partial charge in [-0.15, -0.1) is 0 Å². The van der Waals surface area contributed by atoms with Crippen LogP contribution in [0.5, 0.6) is 11.5 Å². The minimum atomic E-state index is -0.964. The predicted molar refractivity (Wildman–Crippen MR) is 105 cm³/mol. The predicted octanol–water partition coefficient (Wildman–Crippen LogP) is 0.400. The minimum absolute atomic E-state index is 0.113. The minimum Gasteiger partial charge on any atom is -0.454 e. The summed E-state index contributed by atoms with van der Waals surface area (Å²) in [6.45, 7) is 2.31. The number of fused-ring (bicyclic) bond motifs is 2. The molecule has 30 heavy (non-hydrogen) atoms. The number of anilines is 3. The number of ether oxygens (including phenoxy) is 3. The van der Waals surface area contributed by atoms with Gasteiger partial charge in [0.15, 0.2) is 11.5 Å². The molecule has 3 aliphatic heterocycles. The SMILES string of the molecule is O=C1C[C@H](C(=O)Nc2ccc3c(c2)OCO3)c2c(nc(N3CCOCC3)[nH]c2=O)N1. The van der Waals surface area contributed by atoms with Crippen molar-refractivity contribution in [2.24, 2.45) is 0 Å². The average Bonchev–Trinajstić information content (AvgIpc) is 3.21. The van der Waals surface area contributed by atoms with Gasteiger partial charge in [-0.3, -0.25) is 19.4 Å². The number of aromatic nitrogens is 2. The van der Waals surface area contributed by atoms with Gasteiger partial charge in [-0.05, 0) is 12.1 Å². The van der Waals surface area contributed by atoms with Crippen LogP contribution in [0, 0.1) is 0 Å². The molecule has 0 bridgehead atoms. The van der Waals surface area contributed by atoms with Crippen LogP contribution in [0.15, 0.2) is 23.0 Å². The van der Waals surface area contributed by atoms with Gasteiger partial charge in [-0.2, -0.15) is 4.98 Å². The van der Waals surface area contributed by atoms with Crippen molar-refractivity contribution in [2.75, 3.05) is 48.6 Å². The summed E-state index contributed by atoms with van der Waals surface area (Å²) in [6, 6.07) is 4.98. The molecule has 0 spiro atoms. The van der Waals surface area contributed by atoms with Gasteiger partial charge in [-0.25, -0.2) is 0 Å². The van der Waals surface area contributed by atoms with Gasteiger partial charge in [0.1, 0.15) is 5.82 Å². The third kappa shape index (κ3) is 3.32. The Morgan fingerprint density at radius 2 is 1.97 bits per heavy atom. The van der Waals surface area contributed by atoms with Crippen molar-refractivity contribution in [2.45, 2.75) is 12.3 Å². The van der Waals surface area contributed by atoms with E-state index in [-0.39, 0.29) is 30.5 Å². The van der Waals surface area contributed by atoms with E-state index in [1.54, 1.807) is 18.2 Å². The Hall–Kier alpha value is -3.60. The highest BCUT2D eigenvalue weighted by molar-refractivity contribution is 6.04. The highest BCUT2D eigenvalue weighted by Crippen LogP contribution is 2.35. The second kappa shape index (κ2) is 7.34. The molecule has 156 valence electrons. The molecule has 0 saturated carbocycles. The van der Waals surface area contributed by atoms with Crippen molar-refractivity contribution in [3.8, 4) is 11.5 Å². The maximum atomic E-state index is 12.9. The quantitative estimate of drug-likeness (QED) is 0.658.